The van der Waals surface area contributed by atoms with Gasteiger partial charge in [-0.2, -0.15) is 0 Å². The van der Waals surface area contributed by atoms with Crippen LogP contribution in [0.5, 0.6) is 0 Å². The molecule has 1 aromatic carbocycles. The molecule has 0 radical (unpaired) electrons. The summed E-state index contributed by atoms with van der Waals surface area (Å²) in [5.41, 5.74) is 0.781. The molecule has 4 heteroatoms. The number of halogens is 1. The molecular weight excluding hydrogens is 265 g/mol. The Morgan fingerprint density at radius 1 is 1.00 bits per heavy atom. The zero-order valence-corrected chi connectivity index (χ0v) is 12.2. The largest absolute Gasteiger partial charge is 0.354 e. The lowest BCUT2D eigenvalue weighted by atomic mass is 10.1. The number of rotatable bonds is 3. The molecule has 21 heavy (non-hydrogen) atoms. The highest BCUT2D eigenvalue weighted by Gasteiger charge is 2.23. The maximum Gasteiger partial charge on any atom is 0.128 e. The van der Waals surface area contributed by atoms with E-state index in [9.17, 15) is 4.39 Å². The van der Waals surface area contributed by atoms with Gasteiger partial charge in [0.15, 0.2) is 0 Å². The van der Waals surface area contributed by atoms with Gasteiger partial charge in [0.25, 0.3) is 0 Å². The zero-order chi connectivity index (χ0) is 14.7. The van der Waals surface area contributed by atoms with E-state index in [4.69, 9.17) is 0 Å². The summed E-state index contributed by atoms with van der Waals surface area (Å²) in [4.78, 5) is 9.01. The van der Waals surface area contributed by atoms with Gasteiger partial charge in [0.1, 0.15) is 11.6 Å². The van der Waals surface area contributed by atoms with Gasteiger partial charge in [-0.05, 0) is 25.1 Å². The molecule has 1 fully saturated rings. The molecule has 1 aliphatic heterocycles. The van der Waals surface area contributed by atoms with Gasteiger partial charge >= 0.3 is 0 Å². The van der Waals surface area contributed by atoms with Crippen molar-refractivity contribution in [1.82, 2.24) is 9.88 Å². The van der Waals surface area contributed by atoms with Gasteiger partial charge in [-0.15, -0.1) is 0 Å². The summed E-state index contributed by atoms with van der Waals surface area (Å²) >= 11 is 0. The van der Waals surface area contributed by atoms with E-state index in [0.717, 1.165) is 37.6 Å². The Morgan fingerprint density at radius 3 is 2.38 bits per heavy atom. The van der Waals surface area contributed by atoms with Crippen LogP contribution in [-0.2, 0) is 0 Å². The molecule has 1 aromatic heterocycles. The molecule has 0 amide bonds. The number of aromatic nitrogens is 1. The van der Waals surface area contributed by atoms with Gasteiger partial charge in [-0.3, -0.25) is 4.90 Å². The molecule has 3 rings (SSSR count). The third kappa shape index (κ3) is 3.05. The molecule has 2 aromatic rings. The SMILES string of the molecule is CC(c1ccccc1F)N1CCN(c2ccccn2)CC1. The van der Waals surface area contributed by atoms with Crippen molar-refractivity contribution in [3.05, 3.63) is 60.0 Å². The van der Waals surface area contributed by atoms with Gasteiger partial charge in [0.05, 0.1) is 0 Å². The zero-order valence-electron chi connectivity index (χ0n) is 12.2. The van der Waals surface area contributed by atoms with Crippen LogP contribution in [0.1, 0.15) is 18.5 Å². The highest BCUT2D eigenvalue weighted by molar-refractivity contribution is 5.38. The van der Waals surface area contributed by atoms with Gasteiger partial charge in [0, 0.05) is 44.0 Å². The average molecular weight is 285 g/mol. The molecule has 1 unspecified atom stereocenters. The Balaban J connectivity index is 1.65. The summed E-state index contributed by atoms with van der Waals surface area (Å²) in [5.74, 6) is 0.910. The fraction of sp³-hybridized carbons (Fsp3) is 0.353. The van der Waals surface area contributed by atoms with Crippen LogP contribution in [-0.4, -0.2) is 36.1 Å². The molecular formula is C17H20FN3. The van der Waals surface area contributed by atoms with Crippen molar-refractivity contribution in [2.75, 3.05) is 31.1 Å². The minimum Gasteiger partial charge on any atom is -0.354 e. The van der Waals surface area contributed by atoms with Crippen molar-refractivity contribution in [2.24, 2.45) is 0 Å². The number of anilines is 1. The third-order valence-corrected chi connectivity index (χ3v) is 4.19. The minimum atomic E-state index is -0.114. The van der Waals surface area contributed by atoms with E-state index in [1.807, 2.05) is 36.5 Å². The van der Waals surface area contributed by atoms with Crippen LogP contribution in [0.15, 0.2) is 48.7 Å². The van der Waals surface area contributed by atoms with E-state index in [1.165, 1.54) is 6.07 Å². The molecule has 2 heterocycles. The van der Waals surface area contributed by atoms with Crippen molar-refractivity contribution in [1.29, 1.82) is 0 Å². The van der Waals surface area contributed by atoms with Crippen LogP contribution in [0, 0.1) is 5.82 Å². The Morgan fingerprint density at radius 2 is 1.71 bits per heavy atom. The summed E-state index contributed by atoms with van der Waals surface area (Å²) in [6.07, 6.45) is 1.82. The molecule has 1 aliphatic rings. The predicted octanol–water partition coefficient (Wildman–Crippen LogP) is 3.10. The van der Waals surface area contributed by atoms with Crippen LogP contribution < -0.4 is 4.90 Å². The number of hydrogen-bond acceptors (Lipinski definition) is 3. The molecule has 0 bridgehead atoms. The van der Waals surface area contributed by atoms with Crippen LogP contribution >= 0.6 is 0 Å². The highest BCUT2D eigenvalue weighted by atomic mass is 19.1. The van der Waals surface area contributed by atoms with E-state index < -0.39 is 0 Å². The van der Waals surface area contributed by atoms with Gasteiger partial charge < -0.3 is 4.90 Å². The Kier molecular flexibility index (Phi) is 4.15. The monoisotopic (exact) mass is 285 g/mol. The standard InChI is InChI=1S/C17H20FN3/c1-14(15-6-2-3-7-16(15)18)20-10-12-21(13-11-20)17-8-4-5-9-19-17/h2-9,14H,10-13H2,1H3. The van der Waals surface area contributed by atoms with Crippen molar-refractivity contribution in [2.45, 2.75) is 13.0 Å². The van der Waals surface area contributed by atoms with Crippen LogP contribution in [0.3, 0.4) is 0 Å². The lowest BCUT2D eigenvalue weighted by Crippen LogP contribution is -2.47. The second kappa shape index (κ2) is 6.22. The summed E-state index contributed by atoms with van der Waals surface area (Å²) in [6.45, 7) is 5.78. The number of nitrogens with zero attached hydrogens (tertiary/aromatic N) is 3. The van der Waals surface area contributed by atoms with E-state index >= 15 is 0 Å². The predicted molar refractivity (Wildman–Crippen MR) is 82.8 cm³/mol. The smallest absolute Gasteiger partial charge is 0.128 e. The molecule has 0 spiro atoms. The van der Waals surface area contributed by atoms with Crippen molar-refractivity contribution in [3.63, 3.8) is 0 Å². The summed E-state index contributed by atoms with van der Waals surface area (Å²) in [5, 5.41) is 0. The molecule has 1 saturated heterocycles. The Bertz CT molecular complexity index is 580. The van der Waals surface area contributed by atoms with E-state index in [2.05, 4.69) is 21.7 Å². The minimum absolute atomic E-state index is 0.108. The van der Waals surface area contributed by atoms with Gasteiger partial charge in [-0.1, -0.05) is 24.3 Å². The molecule has 3 nitrogen and oxygen atoms in total. The first-order valence-corrected chi connectivity index (χ1v) is 7.40. The number of pyridine rings is 1. The molecule has 0 aliphatic carbocycles. The van der Waals surface area contributed by atoms with E-state index in [-0.39, 0.29) is 11.9 Å². The molecule has 1 atom stereocenters. The molecule has 110 valence electrons. The highest BCUT2D eigenvalue weighted by Crippen LogP contribution is 2.24. The maximum atomic E-state index is 13.9. The lowest BCUT2D eigenvalue weighted by molar-refractivity contribution is 0.195. The van der Waals surface area contributed by atoms with Crippen LogP contribution in [0.25, 0.3) is 0 Å². The molecule has 0 saturated carbocycles. The van der Waals surface area contributed by atoms with Crippen molar-refractivity contribution < 1.29 is 4.39 Å². The van der Waals surface area contributed by atoms with Crippen molar-refractivity contribution >= 4 is 5.82 Å². The first-order valence-electron chi connectivity index (χ1n) is 7.40. The second-order valence-corrected chi connectivity index (χ2v) is 5.41. The number of benzene rings is 1. The van der Waals surface area contributed by atoms with Gasteiger partial charge in [-0.25, -0.2) is 9.37 Å². The Labute approximate surface area is 125 Å². The second-order valence-electron chi connectivity index (χ2n) is 5.41. The average Bonchev–Trinajstić information content (AvgIpc) is 2.56. The van der Waals surface area contributed by atoms with E-state index in [0.29, 0.717) is 0 Å². The van der Waals surface area contributed by atoms with Crippen LogP contribution in [0.2, 0.25) is 0 Å². The Hall–Kier alpha value is -1.94. The number of hydrogen-bond donors (Lipinski definition) is 0. The number of piperazine rings is 1. The summed E-state index contributed by atoms with van der Waals surface area (Å²) < 4.78 is 13.9. The van der Waals surface area contributed by atoms with Crippen molar-refractivity contribution in [3.8, 4) is 0 Å². The molecule has 0 N–H and O–H groups in total. The normalized spacial score (nSPS) is 17.7. The van der Waals surface area contributed by atoms with Gasteiger partial charge in [0.2, 0.25) is 0 Å². The maximum absolute atomic E-state index is 13.9. The first kappa shape index (κ1) is 14.0. The fourth-order valence-electron chi connectivity index (χ4n) is 2.89. The summed E-state index contributed by atoms with van der Waals surface area (Å²) in [7, 11) is 0. The quantitative estimate of drug-likeness (QED) is 0.864. The van der Waals surface area contributed by atoms with Crippen LogP contribution in [0.4, 0.5) is 10.2 Å². The fourth-order valence-corrected chi connectivity index (χ4v) is 2.89. The third-order valence-electron chi connectivity index (χ3n) is 4.19. The van der Waals surface area contributed by atoms with E-state index in [1.54, 1.807) is 6.07 Å². The lowest BCUT2D eigenvalue weighted by Gasteiger charge is -2.38. The first-order chi connectivity index (χ1) is 10.3. The topological polar surface area (TPSA) is 19.4 Å². The summed E-state index contributed by atoms with van der Waals surface area (Å²) in [6, 6.07) is 13.1.